The van der Waals surface area contributed by atoms with Gasteiger partial charge in [-0.2, -0.15) is 0 Å². The molecule has 0 atom stereocenters. The van der Waals surface area contributed by atoms with Crippen molar-refractivity contribution < 1.29 is 0 Å². The first-order chi connectivity index (χ1) is 12.4. The molecule has 5 rings (SSSR count). The molecule has 0 fully saturated rings. The largest absolute Gasteiger partial charge is 0.264 e. The summed E-state index contributed by atoms with van der Waals surface area (Å²) >= 11 is 1.60. The number of nitrogens with zero attached hydrogens (tertiary/aromatic N) is 3. The minimum absolute atomic E-state index is 1.06. The van der Waals surface area contributed by atoms with E-state index in [1.165, 1.54) is 16.2 Å². The van der Waals surface area contributed by atoms with Crippen LogP contribution in [0.4, 0.5) is 0 Å². The molecule has 2 aromatic carbocycles. The number of pyridine rings is 2. The molecule has 3 heterocycles. The highest BCUT2D eigenvalue weighted by molar-refractivity contribution is 7.07. The molecule has 0 spiro atoms. The molecule has 0 saturated heterocycles. The SMILES string of the molecule is c1ccc2cnccc2c1.c1ccc2ncccc2c1.c1cscn1. The number of thiazole rings is 1. The van der Waals surface area contributed by atoms with Crippen molar-refractivity contribution in [3.8, 4) is 0 Å². The van der Waals surface area contributed by atoms with Gasteiger partial charge in [0.2, 0.25) is 0 Å². The van der Waals surface area contributed by atoms with Crippen molar-refractivity contribution in [1.29, 1.82) is 0 Å². The lowest BCUT2D eigenvalue weighted by atomic mass is 10.2. The fourth-order valence-electron chi connectivity index (χ4n) is 2.22. The van der Waals surface area contributed by atoms with E-state index in [9.17, 15) is 0 Å². The summed E-state index contributed by atoms with van der Waals surface area (Å²) in [6, 6.07) is 22.3. The molecule has 0 unspecified atom stereocenters. The molecule has 4 heteroatoms. The van der Waals surface area contributed by atoms with Gasteiger partial charge in [0.1, 0.15) is 0 Å². The van der Waals surface area contributed by atoms with Crippen LogP contribution in [0.15, 0.2) is 102 Å². The van der Waals surface area contributed by atoms with Gasteiger partial charge in [-0.3, -0.25) is 15.0 Å². The molecule has 5 aromatic rings. The molecular formula is C21H17N3S. The van der Waals surface area contributed by atoms with Gasteiger partial charge in [0.25, 0.3) is 0 Å². The van der Waals surface area contributed by atoms with Crippen LogP contribution in [0.1, 0.15) is 0 Å². The lowest BCUT2D eigenvalue weighted by molar-refractivity contribution is 1.36. The summed E-state index contributed by atoms with van der Waals surface area (Å²) in [5.74, 6) is 0. The number of aromatic nitrogens is 3. The van der Waals surface area contributed by atoms with Crippen LogP contribution in [0.25, 0.3) is 21.7 Å². The van der Waals surface area contributed by atoms with E-state index in [4.69, 9.17) is 0 Å². The molecule has 0 radical (unpaired) electrons. The van der Waals surface area contributed by atoms with Gasteiger partial charge in [0, 0.05) is 35.6 Å². The highest BCUT2D eigenvalue weighted by atomic mass is 32.1. The number of fused-ring (bicyclic) bond motifs is 2. The number of rotatable bonds is 0. The first kappa shape index (κ1) is 16.7. The van der Waals surface area contributed by atoms with Gasteiger partial charge in [0.05, 0.1) is 11.0 Å². The van der Waals surface area contributed by atoms with E-state index >= 15 is 0 Å². The predicted molar refractivity (Wildman–Crippen MR) is 106 cm³/mol. The minimum Gasteiger partial charge on any atom is -0.264 e. The average Bonchev–Trinajstić information content (AvgIpc) is 3.29. The van der Waals surface area contributed by atoms with Crippen LogP contribution in [0.5, 0.6) is 0 Å². The zero-order valence-corrected chi connectivity index (χ0v) is 14.4. The summed E-state index contributed by atoms with van der Waals surface area (Å²) in [6.07, 6.45) is 7.25. The maximum atomic E-state index is 4.18. The lowest BCUT2D eigenvalue weighted by Gasteiger charge is -1.91. The first-order valence-electron chi connectivity index (χ1n) is 7.84. The van der Waals surface area contributed by atoms with Crippen molar-refractivity contribution in [2.24, 2.45) is 0 Å². The molecule has 0 aliphatic rings. The normalized spacial score (nSPS) is 9.60. The van der Waals surface area contributed by atoms with E-state index in [0.29, 0.717) is 0 Å². The van der Waals surface area contributed by atoms with E-state index in [-0.39, 0.29) is 0 Å². The summed E-state index contributed by atoms with van der Waals surface area (Å²) < 4.78 is 0. The van der Waals surface area contributed by atoms with Crippen LogP contribution in [-0.4, -0.2) is 15.0 Å². The quantitative estimate of drug-likeness (QED) is 0.367. The summed E-state index contributed by atoms with van der Waals surface area (Å²) in [4.78, 5) is 11.9. The van der Waals surface area contributed by atoms with Crippen molar-refractivity contribution in [3.63, 3.8) is 0 Å². The summed E-state index contributed by atoms with van der Waals surface area (Å²) in [5, 5.41) is 5.58. The van der Waals surface area contributed by atoms with E-state index in [2.05, 4.69) is 39.2 Å². The molecule has 0 N–H and O–H groups in total. The van der Waals surface area contributed by atoms with Crippen molar-refractivity contribution in [2.45, 2.75) is 0 Å². The fourth-order valence-corrected chi connectivity index (χ4v) is 2.57. The third-order valence-corrected chi connectivity index (χ3v) is 3.93. The van der Waals surface area contributed by atoms with E-state index in [1.807, 2.05) is 66.4 Å². The Morgan fingerprint density at radius 1 is 0.600 bits per heavy atom. The Kier molecular flexibility index (Phi) is 6.19. The second kappa shape index (κ2) is 9.25. The molecule has 0 aliphatic carbocycles. The Bertz CT molecular complexity index is 794. The second-order valence-corrected chi connectivity index (χ2v) is 5.85. The Hall–Kier alpha value is -3.11. The first-order valence-corrected chi connectivity index (χ1v) is 8.78. The molecule has 0 amide bonds. The minimum atomic E-state index is 1.06. The predicted octanol–water partition coefficient (Wildman–Crippen LogP) is 5.61. The molecule has 25 heavy (non-hydrogen) atoms. The average molecular weight is 343 g/mol. The lowest BCUT2D eigenvalue weighted by Crippen LogP contribution is -1.73. The molecular weight excluding hydrogens is 326 g/mol. The Morgan fingerprint density at radius 3 is 2.04 bits per heavy atom. The smallest absolute Gasteiger partial charge is 0.0791 e. The zero-order chi connectivity index (χ0) is 17.2. The standard InChI is InChI=1S/2C9H7N.C3H3NS/c1-2-6-9-8(4-1)5-3-7-10-9;1-2-4-9-7-10-6-5-8(9)3-1;1-2-5-3-4-1/h2*1-7H;1-3H. The highest BCUT2D eigenvalue weighted by Crippen LogP contribution is 2.09. The second-order valence-electron chi connectivity index (χ2n) is 5.09. The van der Waals surface area contributed by atoms with Gasteiger partial charge >= 0.3 is 0 Å². The monoisotopic (exact) mass is 343 g/mol. The van der Waals surface area contributed by atoms with Crippen LogP contribution in [0.3, 0.4) is 0 Å². The van der Waals surface area contributed by atoms with Gasteiger partial charge < -0.3 is 0 Å². The Morgan fingerprint density at radius 2 is 1.36 bits per heavy atom. The van der Waals surface area contributed by atoms with Crippen molar-refractivity contribution >= 4 is 33.0 Å². The van der Waals surface area contributed by atoms with E-state index < -0.39 is 0 Å². The highest BCUT2D eigenvalue weighted by Gasteiger charge is 1.87. The van der Waals surface area contributed by atoms with Gasteiger partial charge in [-0.05, 0) is 29.0 Å². The molecule has 0 saturated carbocycles. The zero-order valence-electron chi connectivity index (χ0n) is 13.6. The van der Waals surface area contributed by atoms with Crippen molar-refractivity contribution in [3.05, 3.63) is 102 Å². The van der Waals surface area contributed by atoms with Crippen LogP contribution < -0.4 is 0 Å². The third-order valence-electron chi connectivity index (χ3n) is 3.41. The topological polar surface area (TPSA) is 38.7 Å². The molecule has 0 bridgehead atoms. The van der Waals surface area contributed by atoms with E-state index in [0.717, 1.165) is 5.52 Å². The summed E-state index contributed by atoms with van der Waals surface area (Å²) in [6.45, 7) is 0. The van der Waals surface area contributed by atoms with Crippen LogP contribution in [0, 0.1) is 0 Å². The third kappa shape index (κ3) is 5.19. The van der Waals surface area contributed by atoms with Crippen molar-refractivity contribution in [2.75, 3.05) is 0 Å². The van der Waals surface area contributed by atoms with Crippen molar-refractivity contribution in [1.82, 2.24) is 15.0 Å². The molecule has 3 aromatic heterocycles. The van der Waals surface area contributed by atoms with Gasteiger partial charge in [-0.1, -0.05) is 48.5 Å². The van der Waals surface area contributed by atoms with E-state index in [1.54, 1.807) is 23.0 Å². The number of hydrogen-bond acceptors (Lipinski definition) is 4. The van der Waals surface area contributed by atoms with Gasteiger partial charge in [0.15, 0.2) is 0 Å². The number of hydrogen-bond donors (Lipinski definition) is 0. The molecule has 0 aliphatic heterocycles. The van der Waals surface area contributed by atoms with Crippen LogP contribution >= 0.6 is 11.3 Å². The number of benzene rings is 2. The maximum Gasteiger partial charge on any atom is 0.0791 e. The number of para-hydroxylation sites is 1. The van der Waals surface area contributed by atoms with Gasteiger partial charge in [-0.15, -0.1) is 11.3 Å². The molecule has 3 nitrogen and oxygen atoms in total. The van der Waals surface area contributed by atoms with Gasteiger partial charge in [-0.25, -0.2) is 0 Å². The molecule has 122 valence electrons. The Balaban J connectivity index is 0.000000116. The maximum absolute atomic E-state index is 4.18. The fraction of sp³-hybridized carbons (Fsp3) is 0. The Labute approximate surface area is 150 Å². The summed E-state index contributed by atoms with van der Waals surface area (Å²) in [7, 11) is 0. The van der Waals surface area contributed by atoms with Crippen LogP contribution in [-0.2, 0) is 0 Å². The summed E-state index contributed by atoms with van der Waals surface area (Å²) in [5.41, 5.74) is 2.85. The van der Waals surface area contributed by atoms with Crippen LogP contribution in [0.2, 0.25) is 0 Å².